The molecular formula is C23H21ClN4O6S. The summed E-state index contributed by atoms with van der Waals surface area (Å²) in [6.07, 6.45) is 2.47. The van der Waals surface area contributed by atoms with Crippen molar-refractivity contribution in [3.63, 3.8) is 0 Å². The van der Waals surface area contributed by atoms with Gasteiger partial charge in [-0.25, -0.2) is 4.79 Å². The topological polar surface area (TPSA) is 128 Å². The smallest absolute Gasteiger partial charge is 0.331 e. The van der Waals surface area contributed by atoms with E-state index in [0.717, 1.165) is 17.8 Å². The largest absolute Gasteiger partial charge is 0.490 e. The van der Waals surface area contributed by atoms with Gasteiger partial charge >= 0.3 is 5.97 Å². The number of nitrogens with zero attached hydrogens (tertiary/aromatic N) is 2. The summed E-state index contributed by atoms with van der Waals surface area (Å²) in [6.45, 7) is 1.86. The third-order valence-corrected chi connectivity index (χ3v) is 5.37. The first kappa shape index (κ1) is 25.8. The summed E-state index contributed by atoms with van der Waals surface area (Å²) in [5.74, 6) is -0.933. The Kier molecular flexibility index (Phi) is 9.27. The zero-order valence-corrected chi connectivity index (χ0v) is 20.3. The van der Waals surface area contributed by atoms with Crippen molar-refractivity contribution in [3.05, 3.63) is 64.0 Å². The predicted molar refractivity (Wildman–Crippen MR) is 134 cm³/mol. The SMILES string of the molecule is CCOc1cc(C=N/N=C2/NC(=O)/C(=C\C(=O)OC)S2)cc(Cl)c1OCC(=O)Nc1ccccc1. The fourth-order valence-corrected chi connectivity index (χ4v) is 3.72. The number of halogens is 1. The van der Waals surface area contributed by atoms with Crippen LogP contribution in [0.1, 0.15) is 12.5 Å². The summed E-state index contributed by atoms with van der Waals surface area (Å²) in [5, 5.41) is 13.5. The molecule has 0 atom stereocenters. The lowest BCUT2D eigenvalue weighted by Gasteiger charge is -2.14. The molecule has 35 heavy (non-hydrogen) atoms. The molecule has 182 valence electrons. The third kappa shape index (κ3) is 7.59. The molecule has 1 heterocycles. The van der Waals surface area contributed by atoms with Crippen molar-refractivity contribution in [2.24, 2.45) is 10.2 Å². The van der Waals surface area contributed by atoms with Gasteiger partial charge in [-0.05, 0) is 43.0 Å². The number of nitrogens with one attached hydrogen (secondary N) is 2. The Morgan fingerprint density at radius 1 is 1.20 bits per heavy atom. The highest BCUT2D eigenvalue weighted by atomic mass is 35.5. The number of benzene rings is 2. The van der Waals surface area contributed by atoms with Crippen LogP contribution in [0.25, 0.3) is 0 Å². The van der Waals surface area contributed by atoms with E-state index in [2.05, 4.69) is 25.6 Å². The van der Waals surface area contributed by atoms with Crippen LogP contribution in [0.2, 0.25) is 5.02 Å². The van der Waals surface area contributed by atoms with Gasteiger partial charge in [-0.15, -0.1) is 5.10 Å². The molecule has 0 aliphatic carbocycles. The monoisotopic (exact) mass is 516 g/mol. The summed E-state index contributed by atoms with van der Waals surface area (Å²) in [5.41, 5.74) is 1.19. The molecule has 10 nitrogen and oxygen atoms in total. The van der Waals surface area contributed by atoms with E-state index in [1.54, 1.807) is 31.2 Å². The van der Waals surface area contributed by atoms with E-state index in [1.807, 2.05) is 18.2 Å². The van der Waals surface area contributed by atoms with E-state index in [1.165, 1.54) is 13.3 Å². The fraction of sp³-hybridized carbons (Fsp3) is 0.174. The number of anilines is 1. The Bertz CT molecular complexity index is 1200. The van der Waals surface area contributed by atoms with Crippen molar-refractivity contribution in [1.82, 2.24) is 5.32 Å². The summed E-state index contributed by atoms with van der Waals surface area (Å²) in [6, 6.07) is 12.2. The normalized spacial score (nSPS) is 15.3. The minimum absolute atomic E-state index is 0.144. The van der Waals surface area contributed by atoms with E-state index in [9.17, 15) is 14.4 Å². The first-order valence-electron chi connectivity index (χ1n) is 10.2. The number of esters is 1. The van der Waals surface area contributed by atoms with Crippen LogP contribution in [0.4, 0.5) is 5.69 Å². The second-order valence-electron chi connectivity index (χ2n) is 6.70. The second-order valence-corrected chi connectivity index (χ2v) is 8.14. The Morgan fingerprint density at radius 3 is 2.69 bits per heavy atom. The molecule has 1 aliphatic heterocycles. The van der Waals surface area contributed by atoms with Crippen LogP contribution < -0.4 is 20.1 Å². The number of hydrogen-bond acceptors (Lipinski definition) is 9. The van der Waals surface area contributed by atoms with Crippen molar-refractivity contribution >= 4 is 58.2 Å². The van der Waals surface area contributed by atoms with Crippen LogP contribution in [0.15, 0.2) is 63.6 Å². The van der Waals surface area contributed by atoms with E-state index < -0.39 is 11.9 Å². The van der Waals surface area contributed by atoms with Crippen LogP contribution in [0.3, 0.4) is 0 Å². The van der Waals surface area contributed by atoms with Crippen molar-refractivity contribution in [3.8, 4) is 11.5 Å². The molecule has 0 saturated carbocycles. The van der Waals surface area contributed by atoms with Crippen molar-refractivity contribution in [2.45, 2.75) is 6.92 Å². The van der Waals surface area contributed by atoms with Crippen molar-refractivity contribution in [2.75, 3.05) is 25.6 Å². The zero-order chi connectivity index (χ0) is 25.2. The molecule has 1 saturated heterocycles. The van der Waals surface area contributed by atoms with Gasteiger partial charge in [-0.1, -0.05) is 29.8 Å². The highest BCUT2D eigenvalue weighted by molar-refractivity contribution is 8.18. The summed E-state index contributed by atoms with van der Waals surface area (Å²) < 4.78 is 15.7. The van der Waals surface area contributed by atoms with Gasteiger partial charge in [0.25, 0.3) is 11.8 Å². The van der Waals surface area contributed by atoms with Gasteiger partial charge in [0, 0.05) is 17.3 Å². The van der Waals surface area contributed by atoms with E-state index in [-0.39, 0.29) is 33.4 Å². The lowest BCUT2D eigenvalue weighted by atomic mass is 10.2. The molecule has 3 rings (SSSR count). The lowest BCUT2D eigenvalue weighted by molar-refractivity contribution is -0.135. The number of amides is 2. The van der Waals surface area contributed by atoms with Crippen LogP contribution >= 0.6 is 23.4 Å². The number of carbonyl (C=O) groups excluding carboxylic acids is 3. The highest BCUT2D eigenvalue weighted by Gasteiger charge is 2.25. The number of amidine groups is 1. The maximum atomic E-state index is 12.2. The van der Waals surface area contributed by atoms with Gasteiger partial charge in [0.2, 0.25) is 0 Å². The summed E-state index contributed by atoms with van der Waals surface area (Å²) in [7, 11) is 1.22. The second kappa shape index (κ2) is 12.6. The number of thioether (sulfide) groups is 1. The zero-order valence-electron chi connectivity index (χ0n) is 18.7. The molecule has 0 bridgehead atoms. The number of para-hydroxylation sites is 1. The first-order chi connectivity index (χ1) is 16.9. The standard InChI is InChI=1S/C23H21ClN4O6S/c1-3-33-17-10-14(12-25-28-23-27-22(31)18(35-23)11-20(30)32-2)9-16(24)21(17)34-13-19(29)26-15-7-5-4-6-8-15/h4-12H,3,13H2,1-2H3,(H,26,29)(H,27,28,31)/b18-11+,25-12?. The highest BCUT2D eigenvalue weighted by Crippen LogP contribution is 2.36. The molecule has 2 aromatic carbocycles. The third-order valence-electron chi connectivity index (χ3n) is 4.19. The Labute approximate surface area is 210 Å². The number of methoxy groups -OCH3 is 1. The molecular weight excluding hydrogens is 496 g/mol. The van der Waals surface area contributed by atoms with E-state index >= 15 is 0 Å². The van der Waals surface area contributed by atoms with E-state index in [4.69, 9.17) is 21.1 Å². The lowest BCUT2D eigenvalue weighted by Crippen LogP contribution is -2.20. The van der Waals surface area contributed by atoms with Gasteiger partial charge in [0.05, 0.1) is 29.9 Å². The number of ether oxygens (including phenoxy) is 3. The Hall–Kier alpha value is -3.83. The molecule has 1 aliphatic rings. The predicted octanol–water partition coefficient (Wildman–Crippen LogP) is 3.37. The number of rotatable bonds is 9. The fourth-order valence-electron chi connectivity index (χ4n) is 2.71. The summed E-state index contributed by atoms with van der Waals surface area (Å²) >= 11 is 7.33. The molecule has 2 N–H and O–H groups in total. The minimum atomic E-state index is -0.648. The van der Waals surface area contributed by atoms with Crippen LogP contribution in [0.5, 0.6) is 11.5 Å². The average Bonchev–Trinajstić information content (AvgIpc) is 3.18. The van der Waals surface area contributed by atoms with Gasteiger partial charge in [0.1, 0.15) is 0 Å². The molecule has 2 aromatic rings. The maximum absolute atomic E-state index is 12.2. The minimum Gasteiger partial charge on any atom is -0.490 e. The van der Waals surface area contributed by atoms with Gasteiger partial charge in [-0.2, -0.15) is 5.10 Å². The Morgan fingerprint density at radius 2 is 1.97 bits per heavy atom. The number of hydrogen-bond donors (Lipinski definition) is 2. The molecule has 0 unspecified atom stereocenters. The maximum Gasteiger partial charge on any atom is 0.331 e. The summed E-state index contributed by atoms with van der Waals surface area (Å²) in [4.78, 5) is 35.5. The van der Waals surface area contributed by atoms with Gasteiger partial charge in [0.15, 0.2) is 23.3 Å². The molecule has 0 spiro atoms. The Balaban J connectivity index is 1.68. The first-order valence-corrected chi connectivity index (χ1v) is 11.4. The quantitative estimate of drug-likeness (QED) is 0.226. The molecule has 0 aromatic heterocycles. The molecule has 12 heteroatoms. The van der Waals surface area contributed by atoms with E-state index in [0.29, 0.717) is 23.6 Å². The molecule has 1 fully saturated rings. The van der Waals surface area contributed by atoms with Gasteiger partial charge < -0.3 is 19.5 Å². The number of carbonyl (C=O) groups is 3. The van der Waals surface area contributed by atoms with Crippen LogP contribution in [-0.4, -0.2) is 49.5 Å². The van der Waals surface area contributed by atoms with Crippen LogP contribution in [0, 0.1) is 0 Å². The molecule has 0 radical (unpaired) electrons. The van der Waals surface area contributed by atoms with Gasteiger partial charge in [-0.3, -0.25) is 14.9 Å². The average molecular weight is 517 g/mol. The molecule has 2 amide bonds. The van der Waals surface area contributed by atoms with Crippen molar-refractivity contribution in [1.29, 1.82) is 0 Å². The van der Waals surface area contributed by atoms with Crippen LogP contribution in [-0.2, 0) is 19.1 Å². The van der Waals surface area contributed by atoms with Crippen molar-refractivity contribution < 1.29 is 28.6 Å².